The van der Waals surface area contributed by atoms with Crippen molar-refractivity contribution in [3.63, 3.8) is 0 Å². The number of aromatic hydroxyl groups is 2. The molecule has 4 aromatic rings. The molecule has 0 fully saturated rings. The number of phenolic OH excluding ortho intramolecular Hbond substituents is 2. The third kappa shape index (κ3) is 5.88. The van der Waals surface area contributed by atoms with E-state index < -0.39 is 23.1 Å². The topological polar surface area (TPSA) is 66.2 Å². The summed E-state index contributed by atoms with van der Waals surface area (Å²) in [5.41, 5.74) is 3.00. The van der Waals surface area contributed by atoms with E-state index in [1.165, 1.54) is 36.7 Å². The Bertz CT molecular complexity index is 1070. The molecule has 0 unspecified atom stereocenters. The monoisotopic (exact) mass is 536 g/mol. The molecule has 4 nitrogen and oxygen atoms in total. The van der Waals surface area contributed by atoms with E-state index in [0.29, 0.717) is 33.6 Å². The molecule has 2 aromatic heterocycles. The first-order valence-corrected chi connectivity index (χ1v) is 8.43. The van der Waals surface area contributed by atoms with E-state index in [1.54, 1.807) is 36.4 Å². The SMILES string of the molecule is Oc1c(F)cccc1-c1ccc(-c2ccc(-c3cccc(F)c3O)cn2)nc1.[Cl-].[Cl-].[Cl-].[Mn+3]. The fourth-order valence-corrected chi connectivity index (χ4v) is 2.91. The molecule has 0 saturated heterocycles. The molecule has 166 valence electrons. The molecule has 0 aliphatic carbocycles. The molecule has 4 rings (SSSR count). The van der Waals surface area contributed by atoms with Crippen LogP contribution in [0.15, 0.2) is 73.1 Å². The number of hydrogen-bond donors (Lipinski definition) is 2. The maximum Gasteiger partial charge on any atom is 3.00 e. The van der Waals surface area contributed by atoms with Crippen molar-refractivity contribution in [3.05, 3.63) is 84.7 Å². The van der Waals surface area contributed by atoms with Gasteiger partial charge in [-0.2, -0.15) is 0 Å². The minimum Gasteiger partial charge on any atom is -1.00 e. The van der Waals surface area contributed by atoms with Crippen LogP contribution >= 0.6 is 0 Å². The van der Waals surface area contributed by atoms with Crippen LogP contribution in [0.4, 0.5) is 8.78 Å². The van der Waals surface area contributed by atoms with Crippen molar-refractivity contribution in [1.29, 1.82) is 0 Å². The van der Waals surface area contributed by atoms with Gasteiger partial charge in [0.1, 0.15) is 0 Å². The molecule has 0 amide bonds. The zero-order valence-electron chi connectivity index (χ0n) is 16.0. The summed E-state index contributed by atoms with van der Waals surface area (Å²) in [6, 6.07) is 15.4. The summed E-state index contributed by atoms with van der Waals surface area (Å²) in [7, 11) is 0. The Balaban J connectivity index is 0.00000240. The molecule has 0 aliphatic rings. The van der Waals surface area contributed by atoms with Crippen LogP contribution in [-0.4, -0.2) is 20.2 Å². The number of benzene rings is 2. The van der Waals surface area contributed by atoms with Crippen LogP contribution < -0.4 is 37.2 Å². The second kappa shape index (κ2) is 12.6. The van der Waals surface area contributed by atoms with Gasteiger partial charge in [0.2, 0.25) is 0 Å². The minimum atomic E-state index is -0.695. The minimum absolute atomic E-state index is 0. The standard InChI is InChI=1S/C22H14F2N2O2.3ClH.Mn/c23-17-5-1-3-15(21(17)27)13-7-9-19(25-11-13)20-10-8-14(12-26-20)16-4-2-6-18(24)22(16)28;;;;/h1-12,27-28H;3*1H;/q;;;;+3/p-3. The van der Waals surface area contributed by atoms with Gasteiger partial charge in [0, 0.05) is 34.6 Å². The Morgan fingerprint density at radius 2 is 0.938 bits per heavy atom. The van der Waals surface area contributed by atoms with Crippen LogP contribution in [0, 0.1) is 11.6 Å². The summed E-state index contributed by atoms with van der Waals surface area (Å²) >= 11 is 0. The summed E-state index contributed by atoms with van der Waals surface area (Å²) in [6.07, 6.45) is 3.05. The van der Waals surface area contributed by atoms with Gasteiger partial charge in [0.05, 0.1) is 11.4 Å². The Morgan fingerprint density at radius 3 is 1.25 bits per heavy atom. The zero-order chi connectivity index (χ0) is 19.7. The van der Waals surface area contributed by atoms with E-state index in [-0.39, 0.29) is 54.3 Å². The number of aromatic nitrogens is 2. The van der Waals surface area contributed by atoms with Gasteiger partial charge in [0.25, 0.3) is 0 Å². The Kier molecular flexibility index (Phi) is 11.6. The van der Waals surface area contributed by atoms with Gasteiger partial charge in [-0.15, -0.1) is 0 Å². The molecule has 0 spiro atoms. The fourth-order valence-electron chi connectivity index (χ4n) is 2.91. The van der Waals surface area contributed by atoms with E-state index in [2.05, 4.69) is 9.97 Å². The van der Waals surface area contributed by atoms with Crippen molar-refractivity contribution >= 4 is 0 Å². The largest absolute Gasteiger partial charge is 3.00 e. The van der Waals surface area contributed by atoms with Crippen LogP contribution in [0.2, 0.25) is 0 Å². The Hall–Kier alpha value is -2.41. The van der Waals surface area contributed by atoms with Gasteiger partial charge < -0.3 is 47.4 Å². The predicted octanol–water partition coefficient (Wildman–Crippen LogP) is -3.82. The summed E-state index contributed by atoms with van der Waals surface area (Å²) < 4.78 is 27.0. The molecular formula is C22H14Cl3F2MnN2O2. The first-order chi connectivity index (χ1) is 13.5. The summed E-state index contributed by atoms with van der Waals surface area (Å²) in [4.78, 5) is 8.65. The summed E-state index contributed by atoms with van der Waals surface area (Å²) in [6.45, 7) is 0. The van der Waals surface area contributed by atoms with Crippen molar-refractivity contribution in [2.24, 2.45) is 0 Å². The van der Waals surface area contributed by atoms with Crippen LogP contribution in [0.5, 0.6) is 11.5 Å². The van der Waals surface area contributed by atoms with Crippen molar-refractivity contribution in [2.45, 2.75) is 0 Å². The second-order valence-electron chi connectivity index (χ2n) is 6.14. The molecule has 0 saturated carbocycles. The zero-order valence-corrected chi connectivity index (χ0v) is 19.4. The number of rotatable bonds is 3. The number of halogens is 5. The van der Waals surface area contributed by atoms with Crippen molar-refractivity contribution in [2.75, 3.05) is 0 Å². The molecule has 0 atom stereocenters. The quantitative estimate of drug-likeness (QED) is 0.263. The molecule has 2 heterocycles. The maximum atomic E-state index is 13.5. The molecule has 0 radical (unpaired) electrons. The summed E-state index contributed by atoms with van der Waals surface area (Å²) in [5.74, 6) is -2.23. The number of hydrogen-bond acceptors (Lipinski definition) is 4. The Labute approximate surface area is 212 Å². The smallest absolute Gasteiger partial charge is 1.00 e. The average Bonchev–Trinajstić information content (AvgIpc) is 2.72. The van der Waals surface area contributed by atoms with E-state index >= 15 is 0 Å². The Morgan fingerprint density at radius 1 is 0.562 bits per heavy atom. The molecule has 0 aliphatic heterocycles. The van der Waals surface area contributed by atoms with Crippen LogP contribution in [-0.2, 0) is 17.1 Å². The van der Waals surface area contributed by atoms with Gasteiger partial charge in [-0.25, -0.2) is 8.78 Å². The van der Waals surface area contributed by atoms with Gasteiger partial charge in [-0.3, -0.25) is 9.97 Å². The van der Waals surface area contributed by atoms with Gasteiger partial charge >= 0.3 is 17.1 Å². The predicted molar refractivity (Wildman–Crippen MR) is 102 cm³/mol. The molecule has 0 bridgehead atoms. The normalized spacial score (nSPS) is 9.44. The molecule has 2 aromatic carbocycles. The first kappa shape index (κ1) is 29.6. The maximum absolute atomic E-state index is 13.5. The third-order valence-electron chi connectivity index (χ3n) is 4.38. The molecule has 10 heteroatoms. The van der Waals surface area contributed by atoms with E-state index in [1.807, 2.05) is 0 Å². The van der Waals surface area contributed by atoms with Crippen LogP contribution in [0.25, 0.3) is 33.6 Å². The van der Waals surface area contributed by atoms with Gasteiger partial charge in [-0.05, 0) is 24.3 Å². The van der Waals surface area contributed by atoms with Crippen molar-refractivity contribution < 1.29 is 73.3 Å². The van der Waals surface area contributed by atoms with Gasteiger partial charge in [-0.1, -0.05) is 36.4 Å². The number of pyridine rings is 2. The number of para-hydroxylation sites is 2. The average molecular weight is 538 g/mol. The van der Waals surface area contributed by atoms with Gasteiger partial charge in [0.15, 0.2) is 23.1 Å². The molecular weight excluding hydrogens is 524 g/mol. The molecule has 2 N–H and O–H groups in total. The summed E-state index contributed by atoms with van der Waals surface area (Å²) in [5, 5.41) is 19.7. The van der Waals surface area contributed by atoms with Crippen LogP contribution in [0.1, 0.15) is 0 Å². The first-order valence-electron chi connectivity index (χ1n) is 8.43. The van der Waals surface area contributed by atoms with Crippen molar-refractivity contribution in [1.82, 2.24) is 9.97 Å². The fraction of sp³-hybridized carbons (Fsp3) is 0. The third-order valence-corrected chi connectivity index (χ3v) is 4.38. The van der Waals surface area contributed by atoms with E-state index in [0.717, 1.165) is 0 Å². The van der Waals surface area contributed by atoms with E-state index in [9.17, 15) is 19.0 Å². The second-order valence-corrected chi connectivity index (χ2v) is 6.14. The number of nitrogens with zero attached hydrogens (tertiary/aromatic N) is 2. The molecule has 32 heavy (non-hydrogen) atoms. The van der Waals surface area contributed by atoms with E-state index in [4.69, 9.17) is 0 Å². The van der Waals surface area contributed by atoms with Crippen LogP contribution in [0.3, 0.4) is 0 Å². The number of phenols is 2. The van der Waals surface area contributed by atoms with Crippen molar-refractivity contribution in [3.8, 4) is 45.1 Å².